The molecule has 2 heterocycles. The molecule has 3 rings (SSSR count). The maximum Gasteiger partial charge on any atom is 0.284 e. The number of nitriles is 1. The number of hydrogen-bond donors (Lipinski definition) is 1. The van der Waals surface area contributed by atoms with Crippen molar-refractivity contribution in [3.8, 4) is 23.1 Å². The molecule has 0 unspecified atom stereocenters. The summed E-state index contributed by atoms with van der Waals surface area (Å²) < 4.78 is 15.8. The molecule has 0 amide bonds. The van der Waals surface area contributed by atoms with Crippen LogP contribution >= 0.6 is 0 Å². The van der Waals surface area contributed by atoms with Gasteiger partial charge in [0.1, 0.15) is 28.9 Å². The summed E-state index contributed by atoms with van der Waals surface area (Å²) in [6.45, 7) is 2.07. The monoisotopic (exact) mass is 421 g/mol. The molecule has 0 aliphatic heterocycles. The van der Waals surface area contributed by atoms with Crippen molar-refractivity contribution >= 4 is 17.7 Å². The van der Waals surface area contributed by atoms with E-state index in [0.29, 0.717) is 45.5 Å². The van der Waals surface area contributed by atoms with Crippen LogP contribution in [0.3, 0.4) is 0 Å². The Hall–Kier alpha value is -4.23. The molecule has 0 bridgehead atoms. The number of aryl methyl sites for hydroxylation is 1. The third kappa shape index (κ3) is 4.85. The van der Waals surface area contributed by atoms with E-state index in [1.807, 2.05) is 0 Å². The van der Waals surface area contributed by atoms with Gasteiger partial charge in [0, 0.05) is 18.4 Å². The number of rotatable bonds is 8. The Labute approximate surface area is 177 Å². The summed E-state index contributed by atoms with van der Waals surface area (Å²) in [5.74, 6) is 1.34. The van der Waals surface area contributed by atoms with Gasteiger partial charge in [0.15, 0.2) is 5.82 Å². The van der Waals surface area contributed by atoms with Gasteiger partial charge in [-0.2, -0.15) is 10.4 Å². The highest BCUT2D eigenvalue weighted by Crippen LogP contribution is 2.34. The first-order valence-electron chi connectivity index (χ1n) is 9.08. The lowest BCUT2D eigenvalue weighted by Gasteiger charge is -2.08. The zero-order valence-corrected chi connectivity index (χ0v) is 17.1. The van der Waals surface area contributed by atoms with Crippen molar-refractivity contribution in [2.45, 2.75) is 13.5 Å². The van der Waals surface area contributed by atoms with Crippen molar-refractivity contribution < 1.29 is 18.8 Å². The number of nitrogens with one attached hydrogen (secondary N) is 1. The van der Waals surface area contributed by atoms with Gasteiger partial charge in [0.2, 0.25) is 0 Å². The van der Waals surface area contributed by atoms with E-state index in [0.717, 1.165) is 0 Å². The smallest absolute Gasteiger partial charge is 0.284 e. The van der Waals surface area contributed by atoms with Gasteiger partial charge >= 0.3 is 0 Å². The molecule has 0 atom stereocenters. The van der Waals surface area contributed by atoms with Gasteiger partial charge in [-0.05, 0) is 37.3 Å². The Morgan fingerprint density at radius 2 is 2.13 bits per heavy atom. The van der Waals surface area contributed by atoms with Crippen molar-refractivity contribution in [1.82, 2.24) is 4.98 Å². The van der Waals surface area contributed by atoms with Crippen LogP contribution in [0.4, 0.5) is 11.5 Å². The molecule has 31 heavy (non-hydrogen) atoms. The van der Waals surface area contributed by atoms with Crippen molar-refractivity contribution in [3.05, 3.63) is 69.1 Å². The Bertz CT molecular complexity index is 1180. The fourth-order valence-corrected chi connectivity index (χ4v) is 2.94. The molecule has 0 aliphatic rings. The van der Waals surface area contributed by atoms with Crippen molar-refractivity contribution in [1.29, 1.82) is 5.26 Å². The number of aromatic nitrogens is 1. The highest BCUT2D eigenvalue weighted by atomic mass is 16.6. The summed E-state index contributed by atoms with van der Waals surface area (Å²) in [5, 5.41) is 24.9. The predicted molar refractivity (Wildman–Crippen MR) is 113 cm³/mol. The number of nitro benzene ring substituents is 1. The van der Waals surface area contributed by atoms with E-state index in [4.69, 9.17) is 13.9 Å². The van der Waals surface area contributed by atoms with Crippen LogP contribution in [0.5, 0.6) is 5.75 Å². The lowest BCUT2D eigenvalue weighted by molar-refractivity contribution is -0.384. The van der Waals surface area contributed by atoms with Gasteiger partial charge in [-0.1, -0.05) is 0 Å². The quantitative estimate of drug-likeness (QED) is 0.327. The number of methoxy groups -OCH3 is 2. The summed E-state index contributed by atoms with van der Waals surface area (Å²) >= 11 is 0. The summed E-state index contributed by atoms with van der Waals surface area (Å²) in [5.41, 5.74) is 4.65. The minimum Gasteiger partial charge on any atom is -0.497 e. The molecule has 0 saturated carbocycles. The van der Waals surface area contributed by atoms with Crippen LogP contribution in [0, 0.1) is 28.4 Å². The van der Waals surface area contributed by atoms with Crippen LogP contribution in [0.1, 0.15) is 22.6 Å². The topological polar surface area (TPSA) is 136 Å². The van der Waals surface area contributed by atoms with Crippen LogP contribution in [0.25, 0.3) is 11.3 Å². The molecular weight excluding hydrogens is 402 g/mol. The second-order valence-electron chi connectivity index (χ2n) is 6.40. The molecule has 158 valence electrons. The molecule has 1 aromatic carbocycles. The number of hydrogen-bond acceptors (Lipinski definition) is 9. The van der Waals surface area contributed by atoms with E-state index in [9.17, 15) is 15.4 Å². The number of benzene rings is 1. The van der Waals surface area contributed by atoms with Crippen molar-refractivity contribution in [2.24, 2.45) is 5.10 Å². The number of hydrazone groups is 1. The zero-order chi connectivity index (χ0) is 22.4. The standard InChI is InChI=1S/C21H19N5O5/c1-13-8-14(12-29-2)18(10-22)21(24-13)25-23-11-16-5-7-20(31-16)17-6-4-15(30-3)9-19(17)26(27)28/h4-9,11H,12H2,1-3H3,(H,24,25)/b23-11+. The molecule has 0 aliphatic carbocycles. The lowest BCUT2D eigenvalue weighted by Crippen LogP contribution is -2.03. The number of nitro groups is 1. The first-order chi connectivity index (χ1) is 15.0. The molecule has 1 N–H and O–H groups in total. The third-order valence-electron chi connectivity index (χ3n) is 4.30. The molecule has 3 aromatic rings. The minimum atomic E-state index is -0.500. The summed E-state index contributed by atoms with van der Waals surface area (Å²) in [6, 6.07) is 11.6. The maximum atomic E-state index is 11.4. The predicted octanol–water partition coefficient (Wildman–Crippen LogP) is 4.03. The molecule has 10 heteroatoms. The van der Waals surface area contributed by atoms with E-state index >= 15 is 0 Å². The molecule has 10 nitrogen and oxygen atoms in total. The average Bonchev–Trinajstić information content (AvgIpc) is 3.22. The van der Waals surface area contributed by atoms with Gasteiger partial charge in [0.25, 0.3) is 5.69 Å². The number of anilines is 1. The second kappa shape index (κ2) is 9.51. The van der Waals surface area contributed by atoms with Crippen molar-refractivity contribution in [3.63, 3.8) is 0 Å². The van der Waals surface area contributed by atoms with Gasteiger partial charge < -0.3 is 13.9 Å². The maximum absolute atomic E-state index is 11.4. The summed E-state index contributed by atoms with van der Waals surface area (Å²) in [4.78, 5) is 15.2. The largest absolute Gasteiger partial charge is 0.497 e. The average molecular weight is 421 g/mol. The zero-order valence-electron chi connectivity index (χ0n) is 17.1. The minimum absolute atomic E-state index is 0.136. The third-order valence-corrected chi connectivity index (χ3v) is 4.30. The Kier molecular flexibility index (Phi) is 6.59. The first-order valence-corrected chi connectivity index (χ1v) is 9.08. The Morgan fingerprint density at radius 3 is 2.81 bits per heavy atom. The molecule has 0 radical (unpaired) electrons. The Morgan fingerprint density at radius 1 is 1.32 bits per heavy atom. The van der Waals surface area contributed by atoms with E-state index < -0.39 is 4.92 Å². The highest BCUT2D eigenvalue weighted by molar-refractivity contribution is 5.79. The summed E-state index contributed by atoms with van der Waals surface area (Å²) in [6.07, 6.45) is 1.39. The molecule has 0 saturated heterocycles. The number of ether oxygens (including phenoxy) is 2. The normalized spacial score (nSPS) is 10.8. The van der Waals surface area contributed by atoms with Crippen LogP contribution in [-0.2, 0) is 11.3 Å². The van der Waals surface area contributed by atoms with E-state index in [-0.39, 0.29) is 12.3 Å². The van der Waals surface area contributed by atoms with E-state index in [1.165, 1.54) is 19.4 Å². The highest BCUT2D eigenvalue weighted by Gasteiger charge is 2.19. The molecule has 2 aromatic heterocycles. The second-order valence-corrected chi connectivity index (χ2v) is 6.40. The van der Waals surface area contributed by atoms with E-state index in [1.54, 1.807) is 44.4 Å². The van der Waals surface area contributed by atoms with Crippen LogP contribution < -0.4 is 10.2 Å². The number of pyridine rings is 1. The van der Waals surface area contributed by atoms with Gasteiger partial charge in [-0.25, -0.2) is 4.98 Å². The van der Waals surface area contributed by atoms with Crippen LogP contribution in [0.15, 0.2) is 45.9 Å². The van der Waals surface area contributed by atoms with Gasteiger partial charge in [0.05, 0.1) is 36.5 Å². The molecule has 0 spiro atoms. The lowest BCUT2D eigenvalue weighted by atomic mass is 10.1. The Balaban J connectivity index is 1.83. The molecular formula is C21H19N5O5. The van der Waals surface area contributed by atoms with Gasteiger partial charge in [-0.3, -0.25) is 15.5 Å². The number of furan rings is 1. The van der Waals surface area contributed by atoms with Crippen LogP contribution in [0.2, 0.25) is 0 Å². The van der Waals surface area contributed by atoms with Crippen molar-refractivity contribution in [2.75, 3.05) is 19.6 Å². The van der Waals surface area contributed by atoms with Crippen LogP contribution in [-0.4, -0.2) is 30.3 Å². The first kappa shape index (κ1) is 21.5. The fourth-order valence-electron chi connectivity index (χ4n) is 2.94. The number of nitrogens with zero attached hydrogens (tertiary/aromatic N) is 4. The molecule has 0 fully saturated rings. The van der Waals surface area contributed by atoms with E-state index in [2.05, 4.69) is 21.6 Å². The fraction of sp³-hybridized carbons (Fsp3) is 0.190. The summed E-state index contributed by atoms with van der Waals surface area (Å²) in [7, 11) is 2.98. The van der Waals surface area contributed by atoms with Gasteiger partial charge in [-0.15, -0.1) is 0 Å². The SMILES string of the molecule is COCc1cc(C)nc(N/N=C/c2ccc(-c3ccc(OC)cc3[N+](=O)[O-])o2)c1C#N.